The predicted octanol–water partition coefficient (Wildman–Crippen LogP) is 2.51. The van der Waals surface area contributed by atoms with Crippen molar-refractivity contribution in [3.05, 3.63) is 29.8 Å². The maximum absolute atomic E-state index is 12.3. The van der Waals surface area contributed by atoms with E-state index in [1.807, 2.05) is 24.3 Å². The average molecular weight is 305 g/mol. The molecule has 1 aliphatic heterocycles. The molecule has 1 aromatic rings. The van der Waals surface area contributed by atoms with E-state index in [0.29, 0.717) is 19.0 Å². The van der Waals surface area contributed by atoms with Crippen LogP contribution in [0.15, 0.2) is 24.3 Å². The van der Waals surface area contributed by atoms with Crippen molar-refractivity contribution >= 4 is 11.9 Å². The van der Waals surface area contributed by atoms with Crippen molar-refractivity contribution in [2.45, 2.75) is 32.6 Å². The van der Waals surface area contributed by atoms with Crippen LogP contribution in [0, 0.1) is 5.41 Å². The minimum atomic E-state index is -1.02. The number of likely N-dealkylation sites (tertiary alicyclic amines) is 1. The molecule has 1 heterocycles. The molecular weight excluding hydrogens is 282 g/mol. The van der Waals surface area contributed by atoms with E-state index in [-0.39, 0.29) is 12.3 Å². The number of carboxylic acid groups (broad SMARTS) is 1. The van der Waals surface area contributed by atoms with Crippen molar-refractivity contribution in [3.8, 4) is 5.75 Å². The van der Waals surface area contributed by atoms with Gasteiger partial charge in [0, 0.05) is 25.4 Å². The number of carboxylic acids is 1. The van der Waals surface area contributed by atoms with Crippen LogP contribution < -0.4 is 4.74 Å². The second-order valence-electron chi connectivity index (χ2n) is 6.46. The summed E-state index contributed by atoms with van der Waals surface area (Å²) >= 11 is 0. The Kier molecular flexibility index (Phi) is 4.74. The fourth-order valence-corrected chi connectivity index (χ4v) is 2.70. The fraction of sp³-hybridized carbons (Fsp3) is 0.529. The number of nitrogens with zero attached hydrogens (tertiary/aromatic N) is 1. The summed E-state index contributed by atoms with van der Waals surface area (Å²) in [4.78, 5) is 25.2. The number of methoxy groups -OCH3 is 1. The molecule has 5 heteroatoms. The first-order valence-electron chi connectivity index (χ1n) is 7.48. The van der Waals surface area contributed by atoms with Crippen LogP contribution >= 0.6 is 0 Å². The highest BCUT2D eigenvalue weighted by atomic mass is 16.5. The smallest absolute Gasteiger partial charge is 0.309 e. The van der Waals surface area contributed by atoms with Crippen LogP contribution in [-0.4, -0.2) is 42.1 Å². The molecule has 5 nitrogen and oxygen atoms in total. The molecular formula is C17H23NO4. The lowest BCUT2D eigenvalue weighted by Gasteiger charge is -2.23. The molecule has 1 amide bonds. The van der Waals surface area contributed by atoms with Crippen LogP contribution in [0.1, 0.15) is 38.2 Å². The van der Waals surface area contributed by atoms with Crippen molar-refractivity contribution in [2.24, 2.45) is 5.41 Å². The lowest BCUT2D eigenvalue weighted by molar-refractivity contribution is -0.151. The summed E-state index contributed by atoms with van der Waals surface area (Å²) in [5.41, 5.74) is 0.170. The zero-order valence-electron chi connectivity index (χ0n) is 13.3. The van der Waals surface area contributed by atoms with Gasteiger partial charge in [-0.25, -0.2) is 0 Å². The van der Waals surface area contributed by atoms with Crippen molar-refractivity contribution in [3.63, 3.8) is 0 Å². The number of benzene rings is 1. The van der Waals surface area contributed by atoms with E-state index in [1.54, 1.807) is 25.9 Å². The van der Waals surface area contributed by atoms with E-state index in [0.717, 1.165) is 12.2 Å². The Bertz CT molecular complexity index is 550. The van der Waals surface area contributed by atoms with Gasteiger partial charge in [-0.05, 0) is 38.0 Å². The summed E-state index contributed by atoms with van der Waals surface area (Å²) < 4.78 is 5.15. The lowest BCUT2D eigenvalue weighted by atomic mass is 9.89. The third-order valence-corrected chi connectivity index (χ3v) is 4.30. The van der Waals surface area contributed by atoms with E-state index in [4.69, 9.17) is 9.84 Å². The summed E-state index contributed by atoms with van der Waals surface area (Å²) in [6.07, 6.45) is 0.948. The van der Waals surface area contributed by atoms with Crippen molar-refractivity contribution in [1.82, 2.24) is 4.90 Å². The van der Waals surface area contributed by atoms with Crippen LogP contribution in [0.3, 0.4) is 0 Å². The summed E-state index contributed by atoms with van der Waals surface area (Å²) in [7, 11) is 1.63. The van der Waals surface area contributed by atoms with Gasteiger partial charge in [0.25, 0.3) is 0 Å². The molecule has 0 bridgehead atoms. The molecule has 120 valence electrons. The molecule has 1 aromatic carbocycles. The van der Waals surface area contributed by atoms with Gasteiger partial charge in [0.15, 0.2) is 0 Å². The van der Waals surface area contributed by atoms with Crippen LogP contribution in [0.25, 0.3) is 0 Å². The Labute approximate surface area is 130 Å². The van der Waals surface area contributed by atoms with Gasteiger partial charge in [0.05, 0.1) is 12.5 Å². The molecule has 22 heavy (non-hydrogen) atoms. The number of carbonyl (C=O) groups excluding carboxylic acids is 1. The van der Waals surface area contributed by atoms with Gasteiger partial charge in [-0.2, -0.15) is 0 Å². The van der Waals surface area contributed by atoms with Gasteiger partial charge in [-0.3, -0.25) is 9.59 Å². The normalized spacial score (nSPS) is 18.3. The first kappa shape index (κ1) is 16.3. The molecule has 0 aromatic heterocycles. The quantitative estimate of drug-likeness (QED) is 0.907. The summed E-state index contributed by atoms with van der Waals surface area (Å²) in [5.74, 6) is 0.107. The molecule has 0 saturated carbocycles. The van der Waals surface area contributed by atoms with Gasteiger partial charge in [-0.1, -0.05) is 12.1 Å². The molecule has 1 atom stereocenters. The van der Waals surface area contributed by atoms with E-state index < -0.39 is 11.4 Å². The number of aliphatic carboxylic acids is 1. The standard InChI is InChI=1S/C17H23NO4/c1-17(2,16(20)21)10-15(19)18-9-8-13(11-18)12-4-6-14(22-3)7-5-12/h4-7,13H,8-11H2,1-3H3,(H,20,21). The van der Waals surface area contributed by atoms with Crippen LogP contribution in [0.4, 0.5) is 0 Å². The summed E-state index contributed by atoms with van der Waals surface area (Å²) in [6.45, 7) is 4.51. The highest BCUT2D eigenvalue weighted by molar-refractivity contribution is 5.84. The van der Waals surface area contributed by atoms with Gasteiger partial charge in [0.2, 0.25) is 5.91 Å². The lowest BCUT2D eigenvalue weighted by Crippen LogP contribution is -2.35. The van der Waals surface area contributed by atoms with Crippen LogP contribution in [0.5, 0.6) is 5.75 Å². The largest absolute Gasteiger partial charge is 0.497 e. The molecule has 2 rings (SSSR count). The highest BCUT2D eigenvalue weighted by Crippen LogP contribution is 2.30. The minimum absolute atomic E-state index is 0.0394. The predicted molar refractivity (Wildman–Crippen MR) is 83.0 cm³/mol. The molecule has 1 saturated heterocycles. The fourth-order valence-electron chi connectivity index (χ4n) is 2.70. The van der Waals surface area contributed by atoms with Gasteiger partial charge in [-0.15, -0.1) is 0 Å². The monoisotopic (exact) mass is 305 g/mol. The zero-order valence-corrected chi connectivity index (χ0v) is 13.3. The number of ether oxygens (including phenoxy) is 1. The molecule has 0 spiro atoms. The summed E-state index contributed by atoms with van der Waals surface area (Å²) in [5, 5.41) is 9.13. The van der Waals surface area contributed by atoms with Gasteiger partial charge in [0.1, 0.15) is 5.75 Å². The van der Waals surface area contributed by atoms with E-state index in [1.165, 1.54) is 5.56 Å². The first-order chi connectivity index (χ1) is 10.3. The number of amides is 1. The topological polar surface area (TPSA) is 66.8 Å². The second-order valence-corrected chi connectivity index (χ2v) is 6.46. The number of rotatable bonds is 5. The second kappa shape index (κ2) is 6.38. The van der Waals surface area contributed by atoms with E-state index in [2.05, 4.69) is 0 Å². The maximum atomic E-state index is 12.3. The molecule has 1 unspecified atom stereocenters. The minimum Gasteiger partial charge on any atom is -0.497 e. The molecule has 0 aliphatic carbocycles. The third kappa shape index (κ3) is 3.59. The zero-order chi connectivity index (χ0) is 16.3. The maximum Gasteiger partial charge on any atom is 0.309 e. The van der Waals surface area contributed by atoms with Crippen LogP contribution in [-0.2, 0) is 9.59 Å². The molecule has 1 fully saturated rings. The Morgan fingerprint density at radius 1 is 1.32 bits per heavy atom. The molecule has 1 aliphatic rings. The van der Waals surface area contributed by atoms with E-state index >= 15 is 0 Å². The number of hydrogen-bond donors (Lipinski definition) is 1. The highest BCUT2D eigenvalue weighted by Gasteiger charge is 2.34. The van der Waals surface area contributed by atoms with Crippen molar-refractivity contribution in [1.29, 1.82) is 0 Å². The Morgan fingerprint density at radius 3 is 2.50 bits per heavy atom. The SMILES string of the molecule is COc1ccc(C2CCN(C(=O)CC(C)(C)C(=O)O)C2)cc1. The summed E-state index contributed by atoms with van der Waals surface area (Å²) in [6, 6.07) is 7.90. The molecule has 1 N–H and O–H groups in total. The number of carbonyl (C=O) groups is 2. The van der Waals surface area contributed by atoms with Gasteiger partial charge >= 0.3 is 5.97 Å². The Hall–Kier alpha value is -2.04. The van der Waals surface area contributed by atoms with E-state index in [9.17, 15) is 9.59 Å². The van der Waals surface area contributed by atoms with Gasteiger partial charge < -0.3 is 14.7 Å². The third-order valence-electron chi connectivity index (χ3n) is 4.30. The Morgan fingerprint density at radius 2 is 1.95 bits per heavy atom. The average Bonchev–Trinajstić information content (AvgIpc) is 2.96. The first-order valence-corrected chi connectivity index (χ1v) is 7.48. The number of hydrogen-bond acceptors (Lipinski definition) is 3. The Balaban J connectivity index is 1.97. The van der Waals surface area contributed by atoms with Crippen molar-refractivity contribution in [2.75, 3.05) is 20.2 Å². The molecule has 0 radical (unpaired) electrons. The van der Waals surface area contributed by atoms with Crippen LogP contribution in [0.2, 0.25) is 0 Å². The van der Waals surface area contributed by atoms with Crippen molar-refractivity contribution < 1.29 is 19.4 Å².